The second-order valence-electron chi connectivity index (χ2n) is 4.15. The lowest BCUT2D eigenvalue weighted by Crippen LogP contribution is -1.97. The zero-order chi connectivity index (χ0) is 14.9. The third-order valence-corrected chi connectivity index (χ3v) is 4.27. The molecule has 0 spiro atoms. The Balaban J connectivity index is 2.29. The van der Waals surface area contributed by atoms with Crippen molar-refractivity contribution in [2.75, 3.05) is 12.0 Å². The maximum atomic E-state index is 13.2. The summed E-state index contributed by atoms with van der Waals surface area (Å²) in [5.74, 6) is 0.204. The van der Waals surface area contributed by atoms with Crippen LogP contribution < -0.4 is 10.5 Å². The van der Waals surface area contributed by atoms with Gasteiger partial charge in [0.1, 0.15) is 11.6 Å². The quantitative estimate of drug-likeness (QED) is 0.853. The van der Waals surface area contributed by atoms with Gasteiger partial charge in [0.05, 0.1) is 15.1 Å². The summed E-state index contributed by atoms with van der Waals surface area (Å²) >= 11 is 3.04. The normalized spacial score (nSPS) is 11.3. The lowest BCUT2D eigenvalue weighted by Gasteiger charge is -2.10. The van der Waals surface area contributed by atoms with E-state index in [1.165, 1.54) is 30.3 Å². The molecule has 20 heavy (non-hydrogen) atoms. The van der Waals surface area contributed by atoms with E-state index in [1.807, 2.05) is 0 Å². The standard InChI is InChI=1S/C13H11BrFNO3S/c1-20(17,18)9-4-2-8(3-5-9)19-13-6-10(14)11(15)7-12(13)16/h2-7H,16H2,1H3. The summed E-state index contributed by atoms with van der Waals surface area (Å²) in [5.41, 5.74) is 5.81. The Morgan fingerprint density at radius 3 is 2.35 bits per heavy atom. The maximum absolute atomic E-state index is 13.2. The highest BCUT2D eigenvalue weighted by Gasteiger charge is 2.10. The summed E-state index contributed by atoms with van der Waals surface area (Å²) < 4.78 is 41.6. The van der Waals surface area contributed by atoms with Crippen LogP contribution in [0.5, 0.6) is 11.5 Å². The van der Waals surface area contributed by atoms with Crippen LogP contribution in [-0.2, 0) is 9.84 Å². The molecule has 2 aromatic rings. The summed E-state index contributed by atoms with van der Waals surface area (Å²) in [5, 5.41) is 0. The number of halogens is 2. The summed E-state index contributed by atoms with van der Waals surface area (Å²) in [7, 11) is -3.25. The van der Waals surface area contributed by atoms with Crippen LogP contribution in [-0.4, -0.2) is 14.7 Å². The van der Waals surface area contributed by atoms with Gasteiger partial charge in [-0.1, -0.05) is 0 Å². The monoisotopic (exact) mass is 359 g/mol. The molecule has 0 unspecified atom stereocenters. The van der Waals surface area contributed by atoms with Crippen LogP contribution in [0.15, 0.2) is 45.8 Å². The van der Waals surface area contributed by atoms with Crippen molar-refractivity contribution < 1.29 is 17.5 Å². The number of benzene rings is 2. The van der Waals surface area contributed by atoms with Gasteiger partial charge in [0.25, 0.3) is 0 Å². The van der Waals surface area contributed by atoms with Crippen LogP contribution in [0.2, 0.25) is 0 Å². The molecule has 0 fully saturated rings. The van der Waals surface area contributed by atoms with E-state index in [2.05, 4.69) is 15.9 Å². The van der Waals surface area contributed by atoms with Gasteiger partial charge in [0, 0.05) is 18.4 Å². The molecule has 0 saturated heterocycles. The molecular formula is C13H11BrFNO3S. The number of anilines is 1. The third kappa shape index (κ3) is 3.29. The van der Waals surface area contributed by atoms with Gasteiger partial charge < -0.3 is 10.5 Å². The first kappa shape index (κ1) is 14.8. The number of ether oxygens (including phenoxy) is 1. The zero-order valence-electron chi connectivity index (χ0n) is 10.4. The average Bonchev–Trinajstić information content (AvgIpc) is 2.35. The first-order valence-electron chi connectivity index (χ1n) is 5.50. The molecule has 0 aliphatic carbocycles. The molecule has 0 radical (unpaired) electrons. The molecule has 2 N–H and O–H groups in total. The van der Waals surface area contributed by atoms with Crippen molar-refractivity contribution in [3.8, 4) is 11.5 Å². The predicted octanol–water partition coefficient (Wildman–Crippen LogP) is 3.37. The number of nitrogen functional groups attached to an aromatic ring is 1. The van der Waals surface area contributed by atoms with Gasteiger partial charge in [-0.25, -0.2) is 12.8 Å². The molecule has 0 aliphatic rings. The largest absolute Gasteiger partial charge is 0.455 e. The highest BCUT2D eigenvalue weighted by Crippen LogP contribution is 2.32. The van der Waals surface area contributed by atoms with E-state index in [-0.39, 0.29) is 20.8 Å². The molecule has 2 rings (SSSR count). The summed E-state index contributed by atoms with van der Waals surface area (Å²) in [6, 6.07) is 8.43. The molecule has 0 aromatic heterocycles. The predicted molar refractivity (Wildman–Crippen MR) is 78.1 cm³/mol. The van der Waals surface area contributed by atoms with Gasteiger partial charge >= 0.3 is 0 Å². The minimum atomic E-state index is -3.25. The molecule has 106 valence electrons. The fraction of sp³-hybridized carbons (Fsp3) is 0.0769. The fourth-order valence-electron chi connectivity index (χ4n) is 1.51. The molecule has 0 aliphatic heterocycles. The number of hydrogen-bond acceptors (Lipinski definition) is 4. The molecule has 0 bridgehead atoms. The van der Waals surface area contributed by atoms with Gasteiger partial charge in [-0.05, 0) is 40.2 Å². The smallest absolute Gasteiger partial charge is 0.175 e. The van der Waals surface area contributed by atoms with E-state index >= 15 is 0 Å². The molecule has 0 heterocycles. The number of nitrogens with two attached hydrogens (primary N) is 1. The highest BCUT2D eigenvalue weighted by atomic mass is 79.9. The Labute approximate surface area is 124 Å². The van der Waals surface area contributed by atoms with Gasteiger partial charge in [-0.3, -0.25) is 0 Å². The van der Waals surface area contributed by atoms with Crippen molar-refractivity contribution in [3.63, 3.8) is 0 Å². The Morgan fingerprint density at radius 2 is 1.80 bits per heavy atom. The minimum absolute atomic E-state index is 0.151. The SMILES string of the molecule is CS(=O)(=O)c1ccc(Oc2cc(Br)c(F)cc2N)cc1. The van der Waals surface area contributed by atoms with Crippen LogP contribution in [0.4, 0.5) is 10.1 Å². The molecule has 4 nitrogen and oxygen atoms in total. The van der Waals surface area contributed by atoms with Crippen LogP contribution in [0.3, 0.4) is 0 Å². The van der Waals surface area contributed by atoms with Gasteiger partial charge in [-0.15, -0.1) is 0 Å². The van der Waals surface area contributed by atoms with Crippen molar-refractivity contribution in [2.24, 2.45) is 0 Å². The van der Waals surface area contributed by atoms with Crippen molar-refractivity contribution in [1.29, 1.82) is 0 Å². The Bertz CT molecular complexity index is 745. The van der Waals surface area contributed by atoms with E-state index < -0.39 is 15.7 Å². The molecule has 2 aromatic carbocycles. The number of hydrogen-bond donors (Lipinski definition) is 1. The summed E-state index contributed by atoms with van der Waals surface area (Å²) in [6.45, 7) is 0. The molecular weight excluding hydrogens is 349 g/mol. The topological polar surface area (TPSA) is 69.4 Å². The van der Waals surface area contributed by atoms with E-state index in [0.717, 1.165) is 12.3 Å². The van der Waals surface area contributed by atoms with Crippen molar-refractivity contribution >= 4 is 31.5 Å². The molecule has 0 amide bonds. The van der Waals surface area contributed by atoms with E-state index in [0.29, 0.717) is 5.75 Å². The Hall–Kier alpha value is -1.60. The lowest BCUT2D eigenvalue weighted by molar-refractivity contribution is 0.482. The van der Waals surface area contributed by atoms with Crippen LogP contribution in [0.25, 0.3) is 0 Å². The van der Waals surface area contributed by atoms with Gasteiger partial charge in [-0.2, -0.15) is 0 Å². The Kier molecular flexibility index (Phi) is 4.01. The fourth-order valence-corrected chi connectivity index (χ4v) is 2.47. The van der Waals surface area contributed by atoms with E-state index in [4.69, 9.17) is 10.5 Å². The summed E-state index contributed by atoms with van der Waals surface area (Å²) in [4.78, 5) is 0.193. The van der Waals surface area contributed by atoms with Crippen LogP contribution in [0, 0.1) is 5.82 Å². The first-order valence-corrected chi connectivity index (χ1v) is 8.18. The minimum Gasteiger partial charge on any atom is -0.455 e. The maximum Gasteiger partial charge on any atom is 0.175 e. The van der Waals surface area contributed by atoms with E-state index in [9.17, 15) is 12.8 Å². The van der Waals surface area contributed by atoms with Crippen molar-refractivity contribution in [3.05, 3.63) is 46.7 Å². The molecule has 0 saturated carbocycles. The van der Waals surface area contributed by atoms with Crippen molar-refractivity contribution in [2.45, 2.75) is 4.90 Å². The van der Waals surface area contributed by atoms with Crippen LogP contribution >= 0.6 is 15.9 Å². The van der Waals surface area contributed by atoms with Gasteiger partial charge in [0.2, 0.25) is 0 Å². The Morgan fingerprint density at radius 1 is 1.20 bits per heavy atom. The number of sulfone groups is 1. The third-order valence-electron chi connectivity index (χ3n) is 2.53. The van der Waals surface area contributed by atoms with Gasteiger partial charge in [0.15, 0.2) is 15.6 Å². The first-order chi connectivity index (χ1) is 9.27. The summed E-state index contributed by atoms with van der Waals surface area (Å²) in [6.07, 6.45) is 1.12. The second kappa shape index (κ2) is 5.41. The van der Waals surface area contributed by atoms with E-state index in [1.54, 1.807) is 0 Å². The second-order valence-corrected chi connectivity index (χ2v) is 7.02. The lowest BCUT2D eigenvalue weighted by atomic mass is 10.3. The number of rotatable bonds is 3. The van der Waals surface area contributed by atoms with Crippen LogP contribution in [0.1, 0.15) is 0 Å². The average molecular weight is 360 g/mol. The van der Waals surface area contributed by atoms with Crippen molar-refractivity contribution in [1.82, 2.24) is 0 Å². The molecule has 0 atom stereocenters. The highest BCUT2D eigenvalue weighted by molar-refractivity contribution is 9.10. The molecule has 7 heteroatoms. The zero-order valence-corrected chi connectivity index (χ0v) is 12.8.